The molecule has 3 nitrogen and oxygen atoms in total. The van der Waals surface area contributed by atoms with Crippen LogP contribution >= 0.6 is 0 Å². The summed E-state index contributed by atoms with van der Waals surface area (Å²) in [6, 6.07) is 0.665. The second-order valence-corrected chi connectivity index (χ2v) is 7.84. The molecule has 1 rings (SSSR count). The monoisotopic (exact) mass is 298 g/mol. The SMILES string of the molecule is CCC1(C)CN(CCOCCC(C)C)C(CC(C)C)CN1. The Morgan fingerprint density at radius 3 is 2.48 bits per heavy atom. The number of hydrogen-bond donors (Lipinski definition) is 1. The molecule has 0 aliphatic carbocycles. The fourth-order valence-corrected chi connectivity index (χ4v) is 3.00. The largest absolute Gasteiger partial charge is 0.380 e. The number of hydrogen-bond acceptors (Lipinski definition) is 3. The normalized spacial score (nSPS) is 27.7. The minimum Gasteiger partial charge on any atom is -0.380 e. The third-order valence-electron chi connectivity index (χ3n) is 4.72. The lowest BCUT2D eigenvalue weighted by Gasteiger charge is -2.46. The topological polar surface area (TPSA) is 24.5 Å². The molecule has 1 fully saturated rings. The van der Waals surface area contributed by atoms with Gasteiger partial charge in [-0.15, -0.1) is 0 Å². The summed E-state index contributed by atoms with van der Waals surface area (Å²) in [5.41, 5.74) is 0.269. The van der Waals surface area contributed by atoms with Gasteiger partial charge in [0.25, 0.3) is 0 Å². The molecular formula is C18H38N2O. The van der Waals surface area contributed by atoms with Crippen LogP contribution in [0.25, 0.3) is 0 Å². The van der Waals surface area contributed by atoms with Crippen molar-refractivity contribution in [3.05, 3.63) is 0 Å². The predicted octanol–water partition coefficient (Wildman–Crippen LogP) is 3.54. The van der Waals surface area contributed by atoms with Gasteiger partial charge in [-0.1, -0.05) is 34.6 Å². The van der Waals surface area contributed by atoms with Crippen molar-refractivity contribution in [2.75, 3.05) is 32.8 Å². The van der Waals surface area contributed by atoms with Crippen molar-refractivity contribution in [3.63, 3.8) is 0 Å². The van der Waals surface area contributed by atoms with Crippen molar-refractivity contribution in [1.29, 1.82) is 0 Å². The van der Waals surface area contributed by atoms with E-state index in [4.69, 9.17) is 4.74 Å². The third kappa shape index (κ3) is 7.12. The molecule has 1 saturated heterocycles. The van der Waals surface area contributed by atoms with Crippen LogP contribution in [0, 0.1) is 11.8 Å². The van der Waals surface area contributed by atoms with Crippen LogP contribution in [0.1, 0.15) is 60.8 Å². The van der Waals surface area contributed by atoms with E-state index in [0.29, 0.717) is 6.04 Å². The molecular weight excluding hydrogens is 260 g/mol. The maximum Gasteiger partial charge on any atom is 0.0593 e. The lowest BCUT2D eigenvalue weighted by Crippen LogP contribution is -2.63. The van der Waals surface area contributed by atoms with Crippen molar-refractivity contribution in [2.45, 2.75) is 72.4 Å². The van der Waals surface area contributed by atoms with Gasteiger partial charge >= 0.3 is 0 Å². The summed E-state index contributed by atoms with van der Waals surface area (Å²) in [5.74, 6) is 1.49. The van der Waals surface area contributed by atoms with Gasteiger partial charge in [-0.25, -0.2) is 0 Å². The molecule has 0 aromatic heterocycles. The van der Waals surface area contributed by atoms with Crippen LogP contribution < -0.4 is 5.32 Å². The van der Waals surface area contributed by atoms with Crippen molar-refractivity contribution >= 4 is 0 Å². The van der Waals surface area contributed by atoms with E-state index in [1.165, 1.54) is 19.3 Å². The van der Waals surface area contributed by atoms with Crippen LogP contribution in [0.5, 0.6) is 0 Å². The van der Waals surface area contributed by atoms with Crippen molar-refractivity contribution < 1.29 is 4.74 Å². The van der Waals surface area contributed by atoms with E-state index < -0.39 is 0 Å². The van der Waals surface area contributed by atoms with Crippen LogP contribution in [0.2, 0.25) is 0 Å². The highest BCUT2D eigenvalue weighted by atomic mass is 16.5. The highest BCUT2D eigenvalue weighted by Gasteiger charge is 2.34. The number of nitrogens with zero attached hydrogens (tertiary/aromatic N) is 1. The zero-order valence-electron chi connectivity index (χ0n) is 15.2. The van der Waals surface area contributed by atoms with Crippen molar-refractivity contribution in [2.24, 2.45) is 11.8 Å². The molecule has 1 aliphatic heterocycles. The molecule has 0 aromatic rings. The Labute approximate surface area is 132 Å². The van der Waals surface area contributed by atoms with Gasteiger partial charge < -0.3 is 10.1 Å². The van der Waals surface area contributed by atoms with Gasteiger partial charge in [-0.2, -0.15) is 0 Å². The van der Waals surface area contributed by atoms with Gasteiger partial charge in [0.15, 0.2) is 0 Å². The van der Waals surface area contributed by atoms with Gasteiger partial charge in [0.05, 0.1) is 6.61 Å². The molecule has 21 heavy (non-hydrogen) atoms. The third-order valence-corrected chi connectivity index (χ3v) is 4.72. The lowest BCUT2D eigenvalue weighted by molar-refractivity contribution is 0.0347. The molecule has 0 saturated carbocycles. The lowest BCUT2D eigenvalue weighted by atomic mass is 9.91. The first-order valence-corrected chi connectivity index (χ1v) is 8.93. The summed E-state index contributed by atoms with van der Waals surface area (Å²) >= 11 is 0. The van der Waals surface area contributed by atoms with Crippen LogP contribution in [-0.4, -0.2) is 49.3 Å². The zero-order valence-corrected chi connectivity index (χ0v) is 15.2. The number of nitrogens with one attached hydrogen (secondary N) is 1. The minimum atomic E-state index is 0.269. The Kier molecular flexibility index (Phi) is 8.22. The van der Waals surface area contributed by atoms with Crippen LogP contribution in [0.3, 0.4) is 0 Å². The first kappa shape index (κ1) is 18.9. The molecule has 1 N–H and O–H groups in total. The number of rotatable bonds is 9. The predicted molar refractivity (Wildman–Crippen MR) is 91.8 cm³/mol. The van der Waals surface area contributed by atoms with E-state index >= 15 is 0 Å². The summed E-state index contributed by atoms with van der Waals surface area (Å²) in [5, 5.41) is 3.76. The molecule has 2 unspecified atom stereocenters. The van der Waals surface area contributed by atoms with Crippen molar-refractivity contribution in [1.82, 2.24) is 10.2 Å². The Bertz CT molecular complexity index is 280. The van der Waals surface area contributed by atoms with E-state index in [1.54, 1.807) is 0 Å². The Hall–Kier alpha value is -0.120. The second-order valence-electron chi connectivity index (χ2n) is 7.84. The van der Waals surface area contributed by atoms with Gasteiger partial charge in [0.1, 0.15) is 0 Å². The molecule has 126 valence electrons. The molecule has 1 aliphatic rings. The molecule has 2 atom stereocenters. The van der Waals surface area contributed by atoms with Gasteiger partial charge in [-0.3, -0.25) is 4.90 Å². The quantitative estimate of drug-likeness (QED) is 0.659. The van der Waals surface area contributed by atoms with E-state index in [0.717, 1.165) is 44.7 Å². The van der Waals surface area contributed by atoms with E-state index in [2.05, 4.69) is 51.8 Å². The Morgan fingerprint density at radius 2 is 1.90 bits per heavy atom. The number of piperazine rings is 1. The van der Waals surface area contributed by atoms with Crippen LogP contribution in [0.4, 0.5) is 0 Å². The van der Waals surface area contributed by atoms with E-state index in [1.807, 2.05) is 0 Å². The summed E-state index contributed by atoms with van der Waals surface area (Å²) in [6.45, 7) is 18.9. The average Bonchev–Trinajstić information content (AvgIpc) is 2.40. The first-order chi connectivity index (χ1) is 9.86. The smallest absolute Gasteiger partial charge is 0.0593 e. The maximum absolute atomic E-state index is 5.84. The van der Waals surface area contributed by atoms with E-state index in [9.17, 15) is 0 Å². The van der Waals surface area contributed by atoms with Gasteiger partial charge in [-0.05, 0) is 38.0 Å². The van der Waals surface area contributed by atoms with Crippen molar-refractivity contribution in [3.8, 4) is 0 Å². The van der Waals surface area contributed by atoms with Crippen LogP contribution in [-0.2, 0) is 4.74 Å². The maximum atomic E-state index is 5.84. The molecule has 0 spiro atoms. The zero-order chi connectivity index (χ0) is 15.9. The molecule has 0 bridgehead atoms. The fourth-order valence-electron chi connectivity index (χ4n) is 3.00. The molecule has 3 heteroatoms. The summed E-state index contributed by atoms with van der Waals surface area (Å²) < 4.78 is 5.84. The van der Waals surface area contributed by atoms with Crippen LogP contribution in [0.15, 0.2) is 0 Å². The summed E-state index contributed by atoms with van der Waals surface area (Å²) in [4.78, 5) is 2.66. The second kappa shape index (κ2) is 9.12. The van der Waals surface area contributed by atoms with Gasteiger partial charge in [0, 0.05) is 37.8 Å². The first-order valence-electron chi connectivity index (χ1n) is 8.93. The molecule has 0 radical (unpaired) electrons. The Morgan fingerprint density at radius 1 is 1.19 bits per heavy atom. The highest BCUT2D eigenvalue weighted by Crippen LogP contribution is 2.22. The summed E-state index contributed by atoms with van der Waals surface area (Å²) in [6.07, 6.45) is 3.63. The average molecular weight is 299 g/mol. The standard InChI is InChI=1S/C18H38N2O/c1-7-18(6)14-20(9-11-21-10-8-15(2)3)17(13-19-18)12-16(4)5/h15-17,19H,7-14H2,1-6H3. The molecule has 1 heterocycles. The summed E-state index contributed by atoms with van der Waals surface area (Å²) in [7, 11) is 0. The number of ether oxygens (including phenoxy) is 1. The Balaban J connectivity index is 2.42. The molecule has 0 amide bonds. The minimum absolute atomic E-state index is 0.269. The van der Waals surface area contributed by atoms with Gasteiger partial charge in [0.2, 0.25) is 0 Å². The fraction of sp³-hybridized carbons (Fsp3) is 1.00. The molecule has 0 aromatic carbocycles. The van der Waals surface area contributed by atoms with E-state index in [-0.39, 0.29) is 5.54 Å². The highest BCUT2D eigenvalue weighted by molar-refractivity contribution is 4.94.